The van der Waals surface area contributed by atoms with Crippen LogP contribution in [-0.2, 0) is 6.54 Å². The minimum absolute atomic E-state index is 0.708. The number of benzene rings is 1. The van der Waals surface area contributed by atoms with E-state index in [0.29, 0.717) is 6.54 Å². The molecular formula is C9H15BrN2. The third kappa shape index (κ3) is 4.49. The number of hydrogen-bond acceptors (Lipinski definition) is 2. The van der Waals surface area contributed by atoms with Crippen molar-refractivity contribution in [2.75, 3.05) is 0 Å². The lowest BCUT2D eigenvalue weighted by Crippen LogP contribution is -2.20. The zero-order valence-electron chi connectivity index (χ0n) is 7.47. The minimum Gasteiger partial charge on any atom is -0.271 e. The number of hydrogen-bond donors (Lipinski definition) is 2. The molecule has 0 unspecified atom stereocenters. The molecule has 0 aromatic heterocycles. The highest BCUT2D eigenvalue weighted by Crippen LogP contribution is 2.10. The van der Waals surface area contributed by atoms with E-state index < -0.39 is 0 Å². The van der Waals surface area contributed by atoms with Gasteiger partial charge in [-0.3, -0.25) is 11.3 Å². The van der Waals surface area contributed by atoms with E-state index in [0.717, 1.165) is 4.47 Å². The molecule has 3 heteroatoms. The Morgan fingerprint density at radius 3 is 2.58 bits per heavy atom. The van der Waals surface area contributed by atoms with Crippen LogP contribution >= 0.6 is 15.9 Å². The van der Waals surface area contributed by atoms with Crippen molar-refractivity contribution in [3.05, 3.63) is 34.3 Å². The Morgan fingerprint density at radius 2 is 2.08 bits per heavy atom. The topological polar surface area (TPSA) is 38.0 Å². The Hall–Kier alpha value is -0.380. The van der Waals surface area contributed by atoms with Gasteiger partial charge in [0.15, 0.2) is 0 Å². The molecule has 68 valence electrons. The summed E-state index contributed by atoms with van der Waals surface area (Å²) >= 11 is 3.36. The van der Waals surface area contributed by atoms with E-state index in [-0.39, 0.29) is 0 Å². The molecule has 1 aromatic carbocycles. The fourth-order valence-electron chi connectivity index (χ4n) is 0.765. The van der Waals surface area contributed by atoms with E-state index in [1.54, 1.807) is 0 Å². The first kappa shape index (κ1) is 11.6. The molecule has 0 heterocycles. The molecule has 0 aliphatic carbocycles. The highest BCUT2D eigenvalue weighted by molar-refractivity contribution is 9.10. The Labute approximate surface area is 82.3 Å². The van der Waals surface area contributed by atoms with Crippen LogP contribution in [0.25, 0.3) is 0 Å². The molecule has 0 spiro atoms. The molecule has 1 rings (SSSR count). The van der Waals surface area contributed by atoms with Crippen molar-refractivity contribution in [3.63, 3.8) is 0 Å². The molecule has 0 fully saturated rings. The lowest BCUT2D eigenvalue weighted by Gasteiger charge is -1.98. The molecule has 0 atom stereocenters. The standard InChI is InChI=1S/C7H9BrN2.C2H6/c8-7-3-1-2-6(4-7)5-10-9;1-2/h1-4,10H,5,9H2;1-2H3. The zero-order chi connectivity index (χ0) is 9.40. The van der Waals surface area contributed by atoms with Crippen molar-refractivity contribution < 1.29 is 0 Å². The summed E-state index contributed by atoms with van der Waals surface area (Å²) in [6.07, 6.45) is 0. The quantitative estimate of drug-likeness (QED) is 0.606. The summed E-state index contributed by atoms with van der Waals surface area (Å²) in [6.45, 7) is 4.71. The van der Waals surface area contributed by atoms with Crippen molar-refractivity contribution in [3.8, 4) is 0 Å². The number of nitrogens with two attached hydrogens (primary N) is 1. The Kier molecular flexibility index (Phi) is 7.05. The van der Waals surface area contributed by atoms with Crippen LogP contribution in [0.5, 0.6) is 0 Å². The Balaban J connectivity index is 0.000000561. The van der Waals surface area contributed by atoms with Gasteiger partial charge in [-0.05, 0) is 17.7 Å². The van der Waals surface area contributed by atoms with Gasteiger partial charge in [0, 0.05) is 11.0 Å². The van der Waals surface area contributed by atoms with Gasteiger partial charge in [0.1, 0.15) is 0 Å². The van der Waals surface area contributed by atoms with Gasteiger partial charge in [0.05, 0.1) is 0 Å². The fourth-order valence-corrected chi connectivity index (χ4v) is 1.21. The van der Waals surface area contributed by atoms with Crippen LogP contribution in [0.15, 0.2) is 28.7 Å². The third-order valence-electron chi connectivity index (χ3n) is 1.20. The molecule has 0 aliphatic heterocycles. The van der Waals surface area contributed by atoms with Gasteiger partial charge >= 0.3 is 0 Å². The lowest BCUT2D eigenvalue weighted by atomic mass is 10.2. The van der Waals surface area contributed by atoms with Gasteiger partial charge in [0.25, 0.3) is 0 Å². The molecule has 0 radical (unpaired) electrons. The Morgan fingerprint density at radius 1 is 1.42 bits per heavy atom. The second kappa shape index (κ2) is 7.28. The summed E-state index contributed by atoms with van der Waals surface area (Å²) < 4.78 is 1.08. The van der Waals surface area contributed by atoms with E-state index in [1.165, 1.54) is 5.56 Å². The first-order valence-electron chi connectivity index (χ1n) is 4.01. The van der Waals surface area contributed by atoms with Crippen LogP contribution < -0.4 is 11.3 Å². The van der Waals surface area contributed by atoms with E-state index in [1.807, 2.05) is 38.1 Å². The highest BCUT2D eigenvalue weighted by Gasteiger charge is 1.89. The fraction of sp³-hybridized carbons (Fsp3) is 0.333. The molecule has 0 saturated carbocycles. The minimum atomic E-state index is 0.708. The smallest absolute Gasteiger partial charge is 0.0349 e. The summed E-state index contributed by atoms with van der Waals surface area (Å²) in [5, 5.41) is 0. The van der Waals surface area contributed by atoms with Crippen molar-refractivity contribution in [1.29, 1.82) is 0 Å². The monoisotopic (exact) mass is 230 g/mol. The van der Waals surface area contributed by atoms with Gasteiger partial charge < -0.3 is 0 Å². The van der Waals surface area contributed by atoms with Crippen LogP contribution in [0, 0.1) is 0 Å². The average molecular weight is 231 g/mol. The second-order valence-corrected chi connectivity index (χ2v) is 2.93. The maximum absolute atomic E-state index is 5.15. The number of nitrogens with one attached hydrogen (secondary N) is 1. The molecule has 2 nitrogen and oxygen atoms in total. The molecule has 12 heavy (non-hydrogen) atoms. The van der Waals surface area contributed by atoms with Gasteiger partial charge in [-0.15, -0.1) is 0 Å². The van der Waals surface area contributed by atoms with E-state index in [9.17, 15) is 0 Å². The largest absolute Gasteiger partial charge is 0.271 e. The van der Waals surface area contributed by atoms with Crippen LogP contribution in [0.2, 0.25) is 0 Å². The summed E-state index contributed by atoms with van der Waals surface area (Å²) in [5.74, 6) is 5.15. The third-order valence-corrected chi connectivity index (χ3v) is 1.69. The maximum atomic E-state index is 5.15. The molecule has 0 amide bonds. The molecule has 0 saturated heterocycles. The lowest BCUT2D eigenvalue weighted by molar-refractivity contribution is 0.741. The molecule has 1 aromatic rings. The van der Waals surface area contributed by atoms with E-state index in [2.05, 4.69) is 21.4 Å². The SMILES string of the molecule is CC.NNCc1cccc(Br)c1. The van der Waals surface area contributed by atoms with E-state index >= 15 is 0 Å². The van der Waals surface area contributed by atoms with Gasteiger partial charge in [-0.1, -0.05) is 41.9 Å². The van der Waals surface area contributed by atoms with Gasteiger partial charge in [-0.25, -0.2) is 0 Å². The highest BCUT2D eigenvalue weighted by atomic mass is 79.9. The first-order chi connectivity index (χ1) is 5.83. The Bertz CT molecular complexity index is 213. The van der Waals surface area contributed by atoms with Gasteiger partial charge in [-0.2, -0.15) is 0 Å². The van der Waals surface area contributed by atoms with Crippen molar-refractivity contribution in [2.45, 2.75) is 20.4 Å². The van der Waals surface area contributed by atoms with Crippen LogP contribution in [0.1, 0.15) is 19.4 Å². The first-order valence-corrected chi connectivity index (χ1v) is 4.80. The van der Waals surface area contributed by atoms with Crippen LogP contribution in [0.3, 0.4) is 0 Å². The van der Waals surface area contributed by atoms with Crippen LogP contribution in [-0.4, -0.2) is 0 Å². The summed E-state index contributed by atoms with van der Waals surface area (Å²) in [7, 11) is 0. The number of hydrazine groups is 1. The normalized spacial score (nSPS) is 8.67. The second-order valence-electron chi connectivity index (χ2n) is 2.01. The predicted molar refractivity (Wildman–Crippen MR) is 56.5 cm³/mol. The molecule has 0 bridgehead atoms. The predicted octanol–water partition coefficient (Wildman–Crippen LogP) is 2.44. The van der Waals surface area contributed by atoms with Crippen molar-refractivity contribution in [1.82, 2.24) is 5.43 Å². The average Bonchev–Trinajstić information content (AvgIpc) is 2.09. The summed E-state index contributed by atoms with van der Waals surface area (Å²) in [4.78, 5) is 0. The number of rotatable bonds is 2. The molecular weight excluding hydrogens is 216 g/mol. The summed E-state index contributed by atoms with van der Waals surface area (Å²) in [6, 6.07) is 8.02. The van der Waals surface area contributed by atoms with Gasteiger partial charge in [0.2, 0.25) is 0 Å². The molecule has 3 N–H and O–H groups in total. The van der Waals surface area contributed by atoms with Crippen molar-refractivity contribution >= 4 is 15.9 Å². The van der Waals surface area contributed by atoms with Crippen LogP contribution in [0.4, 0.5) is 0 Å². The maximum Gasteiger partial charge on any atom is 0.0349 e. The molecule has 0 aliphatic rings. The number of halogens is 1. The van der Waals surface area contributed by atoms with E-state index in [4.69, 9.17) is 5.84 Å². The van der Waals surface area contributed by atoms with Crippen molar-refractivity contribution in [2.24, 2.45) is 5.84 Å². The zero-order valence-corrected chi connectivity index (χ0v) is 9.06. The summed E-state index contributed by atoms with van der Waals surface area (Å²) in [5.41, 5.74) is 3.77.